The molecule has 2 aliphatic rings. The molecule has 2 unspecified atom stereocenters. The topological polar surface area (TPSA) is 6.48 Å². The van der Waals surface area contributed by atoms with Crippen LogP contribution in [0.25, 0.3) is 0 Å². The summed E-state index contributed by atoms with van der Waals surface area (Å²) >= 11 is 0. The van der Waals surface area contributed by atoms with Gasteiger partial charge in [-0.05, 0) is 51.9 Å². The molecule has 2 heterocycles. The van der Waals surface area contributed by atoms with Crippen molar-refractivity contribution in [2.45, 2.75) is 65.5 Å². The molecule has 2 fully saturated rings. The molecule has 0 saturated carbocycles. The number of hydrogen-bond donors (Lipinski definition) is 0. The average Bonchev–Trinajstić information content (AvgIpc) is 2.27. The second-order valence-electron chi connectivity index (χ2n) is 7.79. The summed E-state index contributed by atoms with van der Waals surface area (Å²) < 4.78 is 0. The Bertz CT molecular complexity index is 251. The highest BCUT2D eigenvalue weighted by atomic mass is 15.2. The second kappa shape index (κ2) is 5.50. The van der Waals surface area contributed by atoms with Crippen molar-refractivity contribution in [3.63, 3.8) is 0 Å². The fourth-order valence-corrected chi connectivity index (χ4v) is 3.91. The standard InChI is InChI=1S/C16H32N2/c1-13-10-14(2)12-17(11-13)15-6-8-18(9-7-15)16(3,4)5/h13-15H,6-12H2,1-5H3. The molecule has 0 aliphatic carbocycles. The van der Waals surface area contributed by atoms with Crippen LogP contribution in [0.5, 0.6) is 0 Å². The zero-order valence-corrected chi connectivity index (χ0v) is 13.1. The molecule has 2 nitrogen and oxygen atoms in total. The summed E-state index contributed by atoms with van der Waals surface area (Å²) in [6, 6.07) is 0.855. The van der Waals surface area contributed by atoms with Gasteiger partial charge in [-0.2, -0.15) is 0 Å². The van der Waals surface area contributed by atoms with Gasteiger partial charge in [0.2, 0.25) is 0 Å². The van der Waals surface area contributed by atoms with E-state index in [1.165, 1.54) is 45.4 Å². The molecule has 0 bridgehead atoms. The van der Waals surface area contributed by atoms with E-state index in [4.69, 9.17) is 0 Å². The molecule has 2 atom stereocenters. The van der Waals surface area contributed by atoms with Crippen LogP contribution >= 0.6 is 0 Å². The van der Waals surface area contributed by atoms with Gasteiger partial charge in [-0.15, -0.1) is 0 Å². The van der Waals surface area contributed by atoms with Crippen LogP contribution in [-0.2, 0) is 0 Å². The molecule has 18 heavy (non-hydrogen) atoms. The number of nitrogens with zero attached hydrogens (tertiary/aromatic N) is 2. The molecule has 2 heteroatoms. The smallest absolute Gasteiger partial charge is 0.0125 e. The van der Waals surface area contributed by atoms with Crippen molar-refractivity contribution in [2.75, 3.05) is 26.2 Å². The Balaban J connectivity index is 1.86. The zero-order valence-electron chi connectivity index (χ0n) is 13.1. The third-order valence-electron chi connectivity index (χ3n) is 4.83. The monoisotopic (exact) mass is 252 g/mol. The predicted octanol–water partition coefficient (Wildman–Crippen LogP) is 3.23. The Labute approximate surface area is 114 Å². The maximum absolute atomic E-state index is 2.79. The van der Waals surface area contributed by atoms with Crippen molar-refractivity contribution in [3.05, 3.63) is 0 Å². The Kier molecular flexibility index (Phi) is 4.38. The van der Waals surface area contributed by atoms with Crippen LogP contribution in [0.1, 0.15) is 53.9 Å². The van der Waals surface area contributed by atoms with E-state index in [0.29, 0.717) is 5.54 Å². The largest absolute Gasteiger partial charge is 0.300 e. The van der Waals surface area contributed by atoms with Crippen LogP contribution in [0.15, 0.2) is 0 Å². The molecular weight excluding hydrogens is 220 g/mol. The summed E-state index contributed by atoms with van der Waals surface area (Å²) in [6.45, 7) is 17.1. The highest BCUT2D eigenvalue weighted by Crippen LogP contribution is 2.28. The van der Waals surface area contributed by atoms with Gasteiger partial charge in [-0.3, -0.25) is 9.80 Å². The van der Waals surface area contributed by atoms with Crippen LogP contribution in [0.3, 0.4) is 0 Å². The summed E-state index contributed by atoms with van der Waals surface area (Å²) in [7, 11) is 0. The van der Waals surface area contributed by atoms with Crippen LogP contribution in [0.2, 0.25) is 0 Å². The number of piperidine rings is 2. The molecule has 0 aromatic carbocycles. The first-order chi connectivity index (χ1) is 8.36. The zero-order chi connectivity index (χ0) is 13.3. The quantitative estimate of drug-likeness (QED) is 0.707. The lowest BCUT2D eigenvalue weighted by molar-refractivity contribution is 0.0280. The fraction of sp³-hybridized carbons (Fsp3) is 1.00. The van der Waals surface area contributed by atoms with Gasteiger partial charge in [0, 0.05) is 37.8 Å². The van der Waals surface area contributed by atoms with E-state index < -0.39 is 0 Å². The first kappa shape index (κ1) is 14.3. The van der Waals surface area contributed by atoms with Crippen LogP contribution in [0.4, 0.5) is 0 Å². The van der Waals surface area contributed by atoms with Crippen molar-refractivity contribution in [1.82, 2.24) is 9.80 Å². The molecular formula is C16H32N2. The van der Waals surface area contributed by atoms with Crippen LogP contribution in [-0.4, -0.2) is 47.6 Å². The summed E-state index contributed by atoms with van der Waals surface area (Å²) in [5.74, 6) is 1.80. The van der Waals surface area contributed by atoms with E-state index in [-0.39, 0.29) is 0 Å². The van der Waals surface area contributed by atoms with Crippen molar-refractivity contribution in [1.29, 1.82) is 0 Å². The molecule has 0 aromatic heterocycles. The van der Waals surface area contributed by atoms with Gasteiger partial charge in [0.25, 0.3) is 0 Å². The van der Waals surface area contributed by atoms with Crippen molar-refractivity contribution >= 4 is 0 Å². The molecule has 0 spiro atoms. The fourth-order valence-electron chi connectivity index (χ4n) is 3.91. The van der Waals surface area contributed by atoms with Crippen molar-refractivity contribution in [2.24, 2.45) is 11.8 Å². The molecule has 0 N–H and O–H groups in total. The third kappa shape index (κ3) is 3.48. The van der Waals surface area contributed by atoms with Gasteiger partial charge in [0.05, 0.1) is 0 Å². The normalized spacial score (nSPS) is 33.8. The lowest BCUT2D eigenvalue weighted by atomic mass is 9.88. The molecule has 0 aromatic rings. The maximum atomic E-state index is 2.79. The molecule has 0 radical (unpaired) electrons. The van der Waals surface area contributed by atoms with E-state index in [9.17, 15) is 0 Å². The maximum Gasteiger partial charge on any atom is 0.0125 e. The van der Waals surface area contributed by atoms with E-state index in [2.05, 4.69) is 44.4 Å². The third-order valence-corrected chi connectivity index (χ3v) is 4.83. The Hall–Kier alpha value is -0.0800. The van der Waals surface area contributed by atoms with E-state index in [1.807, 2.05) is 0 Å². The highest BCUT2D eigenvalue weighted by molar-refractivity contribution is 4.88. The van der Waals surface area contributed by atoms with Crippen molar-refractivity contribution < 1.29 is 0 Å². The summed E-state index contributed by atoms with van der Waals surface area (Å²) in [4.78, 5) is 5.44. The minimum absolute atomic E-state index is 0.355. The minimum atomic E-state index is 0.355. The van der Waals surface area contributed by atoms with Gasteiger partial charge < -0.3 is 0 Å². The van der Waals surface area contributed by atoms with Gasteiger partial charge in [-0.1, -0.05) is 13.8 Å². The van der Waals surface area contributed by atoms with Crippen molar-refractivity contribution in [3.8, 4) is 0 Å². The first-order valence-corrected chi connectivity index (χ1v) is 7.85. The Morgan fingerprint density at radius 2 is 1.39 bits per heavy atom. The molecule has 2 saturated heterocycles. The summed E-state index contributed by atoms with van der Waals surface area (Å²) in [5, 5.41) is 0. The van der Waals surface area contributed by atoms with Gasteiger partial charge in [-0.25, -0.2) is 0 Å². The first-order valence-electron chi connectivity index (χ1n) is 7.85. The van der Waals surface area contributed by atoms with Crippen LogP contribution in [0, 0.1) is 11.8 Å². The van der Waals surface area contributed by atoms with E-state index in [1.54, 1.807) is 0 Å². The lowest BCUT2D eigenvalue weighted by Crippen LogP contribution is -2.53. The van der Waals surface area contributed by atoms with E-state index in [0.717, 1.165) is 17.9 Å². The SMILES string of the molecule is CC1CC(C)CN(C2CCN(C(C)(C)C)CC2)C1. The van der Waals surface area contributed by atoms with E-state index >= 15 is 0 Å². The molecule has 106 valence electrons. The predicted molar refractivity (Wildman–Crippen MR) is 78.9 cm³/mol. The number of hydrogen-bond acceptors (Lipinski definition) is 2. The summed E-state index contributed by atoms with van der Waals surface area (Å²) in [5.41, 5.74) is 0.355. The number of likely N-dealkylation sites (tertiary alicyclic amines) is 2. The highest BCUT2D eigenvalue weighted by Gasteiger charge is 2.32. The molecule has 2 aliphatic heterocycles. The molecule has 0 amide bonds. The minimum Gasteiger partial charge on any atom is -0.300 e. The van der Waals surface area contributed by atoms with Gasteiger partial charge >= 0.3 is 0 Å². The Morgan fingerprint density at radius 1 is 0.889 bits per heavy atom. The molecule has 2 rings (SSSR count). The summed E-state index contributed by atoms with van der Waals surface area (Å²) in [6.07, 6.45) is 4.17. The average molecular weight is 252 g/mol. The Morgan fingerprint density at radius 3 is 1.83 bits per heavy atom. The second-order valence-corrected chi connectivity index (χ2v) is 7.79. The van der Waals surface area contributed by atoms with Gasteiger partial charge in [0.15, 0.2) is 0 Å². The van der Waals surface area contributed by atoms with Gasteiger partial charge in [0.1, 0.15) is 0 Å². The lowest BCUT2D eigenvalue weighted by Gasteiger charge is -2.46. The van der Waals surface area contributed by atoms with Crippen LogP contribution < -0.4 is 0 Å². The number of rotatable bonds is 1.